The van der Waals surface area contributed by atoms with Crippen LogP contribution in [0, 0.1) is 0 Å². The molecule has 0 aromatic carbocycles. The van der Waals surface area contributed by atoms with E-state index in [0.717, 1.165) is 5.69 Å². The van der Waals surface area contributed by atoms with Crippen molar-refractivity contribution in [2.24, 2.45) is 0 Å². The number of rotatable bonds is 3. The third-order valence-electron chi connectivity index (χ3n) is 3.04. The first kappa shape index (κ1) is 14.1. The largest absolute Gasteiger partial charge is 0.339 e. The molecule has 0 aliphatic carbocycles. The lowest BCUT2D eigenvalue weighted by atomic mass is 10.1. The Morgan fingerprint density at radius 2 is 2.10 bits per heavy atom. The Bertz CT molecular complexity index is 539. The second-order valence-corrected chi connectivity index (χ2v) is 4.96. The maximum atomic E-state index is 11.9. The molecule has 0 saturated carbocycles. The molecule has 7 heteroatoms. The van der Waals surface area contributed by atoms with Gasteiger partial charge in [-0.1, -0.05) is 13.8 Å². The van der Waals surface area contributed by atoms with Crippen LogP contribution >= 0.6 is 0 Å². The summed E-state index contributed by atoms with van der Waals surface area (Å²) in [4.78, 5) is 42.7. The summed E-state index contributed by atoms with van der Waals surface area (Å²) in [5.74, 6) is -1.04. The highest BCUT2D eigenvalue weighted by molar-refractivity contribution is 6.03. The molecule has 0 radical (unpaired) electrons. The Morgan fingerprint density at radius 1 is 1.35 bits per heavy atom. The van der Waals surface area contributed by atoms with Gasteiger partial charge in [-0.05, 0) is 12.3 Å². The summed E-state index contributed by atoms with van der Waals surface area (Å²) in [5.41, 5.74) is 0.946. The number of carbonyl (C=O) groups is 3. The van der Waals surface area contributed by atoms with Gasteiger partial charge in [0.2, 0.25) is 11.8 Å². The van der Waals surface area contributed by atoms with Crippen LogP contribution in [0.3, 0.4) is 0 Å². The highest BCUT2D eigenvalue weighted by atomic mass is 16.2. The number of aromatic nitrogens is 2. The molecule has 2 N–H and O–H groups in total. The van der Waals surface area contributed by atoms with Crippen molar-refractivity contribution < 1.29 is 14.4 Å². The Morgan fingerprint density at radius 3 is 2.65 bits per heavy atom. The first-order chi connectivity index (χ1) is 9.47. The van der Waals surface area contributed by atoms with Crippen LogP contribution in [0.15, 0.2) is 12.4 Å². The Kier molecular flexibility index (Phi) is 4.07. The molecule has 0 unspecified atom stereocenters. The third-order valence-corrected chi connectivity index (χ3v) is 3.04. The van der Waals surface area contributed by atoms with E-state index >= 15 is 0 Å². The zero-order chi connectivity index (χ0) is 14.7. The Balaban J connectivity index is 2.01. The van der Waals surface area contributed by atoms with Crippen LogP contribution in [-0.2, 0) is 9.59 Å². The zero-order valence-electron chi connectivity index (χ0n) is 11.3. The minimum absolute atomic E-state index is 0.152. The zero-order valence-corrected chi connectivity index (χ0v) is 11.3. The molecule has 7 nitrogen and oxygen atoms in total. The fourth-order valence-electron chi connectivity index (χ4n) is 1.82. The van der Waals surface area contributed by atoms with Crippen LogP contribution in [0.2, 0.25) is 0 Å². The molecule has 2 heterocycles. The van der Waals surface area contributed by atoms with Gasteiger partial charge in [0, 0.05) is 12.6 Å². The Labute approximate surface area is 116 Å². The molecule has 1 aromatic rings. The second kappa shape index (κ2) is 5.77. The predicted octanol–water partition coefficient (Wildman–Crippen LogP) is 0.135. The quantitative estimate of drug-likeness (QED) is 0.764. The number of imide groups is 1. The summed E-state index contributed by atoms with van der Waals surface area (Å²) >= 11 is 0. The molecular formula is C13H16N4O3. The van der Waals surface area contributed by atoms with Crippen LogP contribution in [0.1, 0.15) is 48.8 Å². The average Bonchev–Trinajstić information content (AvgIpc) is 2.42. The van der Waals surface area contributed by atoms with Gasteiger partial charge in [-0.2, -0.15) is 0 Å². The van der Waals surface area contributed by atoms with Gasteiger partial charge in [0.15, 0.2) is 0 Å². The normalized spacial score (nSPS) is 18.9. The number of hydrogen-bond donors (Lipinski definition) is 2. The number of piperidine rings is 1. The van der Waals surface area contributed by atoms with Crippen LogP contribution in [0.4, 0.5) is 0 Å². The lowest BCUT2D eigenvalue weighted by Gasteiger charge is -2.21. The highest BCUT2D eigenvalue weighted by Gasteiger charge is 2.28. The summed E-state index contributed by atoms with van der Waals surface area (Å²) in [7, 11) is 0. The first-order valence-electron chi connectivity index (χ1n) is 6.44. The highest BCUT2D eigenvalue weighted by Crippen LogP contribution is 2.10. The molecule has 1 aromatic heterocycles. The molecule has 1 fully saturated rings. The number of hydrogen-bond acceptors (Lipinski definition) is 5. The summed E-state index contributed by atoms with van der Waals surface area (Å²) < 4.78 is 0. The summed E-state index contributed by atoms with van der Waals surface area (Å²) in [5, 5.41) is 4.73. The van der Waals surface area contributed by atoms with Crippen molar-refractivity contribution in [2.75, 3.05) is 0 Å². The molecular weight excluding hydrogens is 260 g/mol. The smallest absolute Gasteiger partial charge is 0.272 e. The molecule has 0 bridgehead atoms. The number of nitrogens with zero attached hydrogens (tertiary/aromatic N) is 2. The minimum Gasteiger partial charge on any atom is -0.339 e. The van der Waals surface area contributed by atoms with Crippen LogP contribution in [-0.4, -0.2) is 33.7 Å². The van der Waals surface area contributed by atoms with Gasteiger partial charge in [-0.3, -0.25) is 24.7 Å². The van der Waals surface area contributed by atoms with E-state index in [0.29, 0.717) is 6.42 Å². The topological polar surface area (TPSA) is 101 Å². The van der Waals surface area contributed by atoms with Crippen molar-refractivity contribution >= 4 is 17.7 Å². The molecule has 106 valence electrons. The molecule has 0 spiro atoms. The van der Waals surface area contributed by atoms with E-state index in [9.17, 15) is 14.4 Å². The van der Waals surface area contributed by atoms with Gasteiger partial charge in [0.05, 0.1) is 11.9 Å². The lowest BCUT2D eigenvalue weighted by molar-refractivity contribution is -0.134. The number of nitrogens with one attached hydrogen (secondary N) is 2. The predicted molar refractivity (Wildman–Crippen MR) is 69.8 cm³/mol. The molecule has 20 heavy (non-hydrogen) atoms. The fraction of sp³-hybridized carbons (Fsp3) is 0.462. The second-order valence-electron chi connectivity index (χ2n) is 4.96. The van der Waals surface area contributed by atoms with Gasteiger partial charge < -0.3 is 5.32 Å². The first-order valence-corrected chi connectivity index (χ1v) is 6.44. The van der Waals surface area contributed by atoms with Crippen LogP contribution in [0.25, 0.3) is 0 Å². The van der Waals surface area contributed by atoms with E-state index in [2.05, 4.69) is 20.6 Å². The van der Waals surface area contributed by atoms with Crippen molar-refractivity contribution in [3.8, 4) is 0 Å². The average molecular weight is 276 g/mol. The molecule has 1 atom stereocenters. The summed E-state index contributed by atoms with van der Waals surface area (Å²) in [6.07, 6.45) is 3.45. The summed E-state index contributed by atoms with van der Waals surface area (Å²) in [6, 6.07) is -0.702. The number of carbonyl (C=O) groups excluding carboxylic acids is 3. The number of amides is 3. The molecule has 3 amide bonds. The van der Waals surface area contributed by atoms with Gasteiger partial charge in [0.25, 0.3) is 5.91 Å². The van der Waals surface area contributed by atoms with Gasteiger partial charge in [0.1, 0.15) is 11.7 Å². The standard InChI is InChI=1S/C13H16N4O3/c1-7(2)9-5-15-10(6-14-9)13(20)16-8-3-4-11(18)17-12(8)19/h5-8H,3-4H2,1-2H3,(H,16,20)(H,17,18,19)/t8-/m1/s1. The Hall–Kier alpha value is -2.31. The summed E-state index contributed by atoms with van der Waals surface area (Å²) in [6.45, 7) is 3.96. The van der Waals surface area contributed by atoms with E-state index < -0.39 is 17.9 Å². The van der Waals surface area contributed by atoms with Gasteiger partial charge in [-0.15, -0.1) is 0 Å². The van der Waals surface area contributed by atoms with E-state index in [-0.39, 0.29) is 23.9 Å². The maximum absolute atomic E-state index is 11.9. The van der Waals surface area contributed by atoms with Gasteiger partial charge in [-0.25, -0.2) is 4.98 Å². The monoisotopic (exact) mass is 276 g/mol. The van der Waals surface area contributed by atoms with Crippen molar-refractivity contribution in [3.05, 3.63) is 23.8 Å². The van der Waals surface area contributed by atoms with E-state index in [1.807, 2.05) is 13.8 Å². The molecule has 2 rings (SSSR count). The van der Waals surface area contributed by atoms with Crippen molar-refractivity contribution in [3.63, 3.8) is 0 Å². The van der Waals surface area contributed by atoms with Crippen molar-refractivity contribution in [2.45, 2.75) is 38.6 Å². The lowest BCUT2D eigenvalue weighted by Crippen LogP contribution is -2.52. The van der Waals surface area contributed by atoms with E-state index in [4.69, 9.17) is 0 Å². The van der Waals surface area contributed by atoms with E-state index in [1.165, 1.54) is 6.20 Å². The third kappa shape index (κ3) is 3.17. The van der Waals surface area contributed by atoms with Crippen LogP contribution < -0.4 is 10.6 Å². The fourth-order valence-corrected chi connectivity index (χ4v) is 1.82. The SMILES string of the molecule is CC(C)c1cnc(C(=O)N[C@@H]2CCC(=O)NC2=O)cn1. The van der Waals surface area contributed by atoms with Crippen molar-refractivity contribution in [1.29, 1.82) is 0 Å². The molecule has 1 aliphatic rings. The minimum atomic E-state index is -0.702. The molecule has 1 saturated heterocycles. The maximum Gasteiger partial charge on any atom is 0.272 e. The van der Waals surface area contributed by atoms with Gasteiger partial charge >= 0.3 is 0 Å². The molecule has 1 aliphatic heterocycles. The van der Waals surface area contributed by atoms with Crippen molar-refractivity contribution in [1.82, 2.24) is 20.6 Å². The van der Waals surface area contributed by atoms with Crippen LogP contribution in [0.5, 0.6) is 0 Å². The van der Waals surface area contributed by atoms with E-state index in [1.54, 1.807) is 6.20 Å².